The maximum atomic E-state index is 11.6. The van der Waals surface area contributed by atoms with E-state index in [4.69, 9.17) is 5.73 Å². The van der Waals surface area contributed by atoms with E-state index in [1.54, 1.807) is 6.92 Å². The number of fused-ring (bicyclic) bond motifs is 1. The summed E-state index contributed by atoms with van der Waals surface area (Å²) in [6.45, 7) is 2.10. The number of aromatic nitrogens is 1. The van der Waals surface area contributed by atoms with E-state index < -0.39 is 9.84 Å². The second-order valence-electron chi connectivity index (χ2n) is 4.06. The molecule has 1 aromatic heterocycles. The quantitative estimate of drug-likeness (QED) is 0.867. The van der Waals surface area contributed by atoms with Crippen molar-refractivity contribution in [2.45, 2.75) is 19.2 Å². The molecule has 2 rings (SSSR count). The van der Waals surface area contributed by atoms with Crippen molar-refractivity contribution in [3.63, 3.8) is 0 Å². The van der Waals surface area contributed by atoms with Crippen LogP contribution >= 0.6 is 0 Å². The average molecular weight is 252 g/mol. The Bertz CT molecular complexity index is 629. The van der Waals surface area contributed by atoms with Crippen LogP contribution in [0.5, 0.6) is 0 Å². The van der Waals surface area contributed by atoms with Crippen molar-refractivity contribution in [3.05, 3.63) is 35.5 Å². The Balaban J connectivity index is 2.45. The molecule has 0 aliphatic heterocycles. The number of benzene rings is 1. The fourth-order valence-electron chi connectivity index (χ4n) is 1.86. The Hall–Kier alpha value is -1.33. The van der Waals surface area contributed by atoms with Crippen LogP contribution in [0.1, 0.15) is 18.2 Å². The molecule has 1 aromatic carbocycles. The van der Waals surface area contributed by atoms with E-state index in [0.717, 1.165) is 22.2 Å². The molecule has 3 N–H and O–H groups in total. The van der Waals surface area contributed by atoms with Crippen molar-refractivity contribution in [1.29, 1.82) is 0 Å². The number of hydrogen-bond acceptors (Lipinski definition) is 3. The van der Waals surface area contributed by atoms with E-state index in [1.165, 1.54) is 0 Å². The molecule has 0 aliphatic carbocycles. The Morgan fingerprint density at radius 3 is 2.76 bits per heavy atom. The van der Waals surface area contributed by atoms with Gasteiger partial charge in [-0.15, -0.1) is 0 Å². The second kappa shape index (κ2) is 4.50. The topological polar surface area (TPSA) is 75.9 Å². The second-order valence-corrected chi connectivity index (χ2v) is 6.41. The van der Waals surface area contributed by atoms with Gasteiger partial charge >= 0.3 is 0 Å². The molecule has 92 valence electrons. The van der Waals surface area contributed by atoms with Crippen LogP contribution in [-0.4, -0.2) is 19.2 Å². The molecule has 1 heterocycles. The van der Waals surface area contributed by atoms with Crippen molar-refractivity contribution in [3.8, 4) is 0 Å². The minimum absolute atomic E-state index is 0.0577. The van der Waals surface area contributed by atoms with Crippen LogP contribution in [-0.2, 0) is 22.1 Å². The van der Waals surface area contributed by atoms with Gasteiger partial charge in [0, 0.05) is 23.4 Å². The van der Waals surface area contributed by atoms with Gasteiger partial charge in [-0.1, -0.05) is 25.1 Å². The van der Waals surface area contributed by atoms with Gasteiger partial charge in [-0.05, 0) is 11.6 Å². The third-order valence-electron chi connectivity index (χ3n) is 2.83. The molecule has 4 nitrogen and oxygen atoms in total. The van der Waals surface area contributed by atoms with Crippen molar-refractivity contribution in [2.24, 2.45) is 5.73 Å². The molecule has 0 amide bonds. The Labute approximate surface area is 101 Å². The predicted octanol–water partition coefficient (Wildman–Crippen LogP) is 1.56. The molecular weight excluding hydrogens is 236 g/mol. The highest BCUT2D eigenvalue weighted by Gasteiger charge is 2.12. The van der Waals surface area contributed by atoms with Crippen molar-refractivity contribution in [1.82, 2.24) is 4.98 Å². The van der Waals surface area contributed by atoms with Crippen molar-refractivity contribution >= 4 is 20.7 Å². The first kappa shape index (κ1) is 12.1. The lowest BCUT2D eigenvalue weighted by molar-refractivity contribution is 0.596. The average Bonchev–Trinajstić information content (AvgIpc) is 2.70. The van der Waals surface area contributed by atoms with Gasteiger partial charge in [0.2, 0.25) is 0 Å². The molecule has 0 aliphatic rings. The van der Waals surface area contributed by atoms with E-state index in [1.807, 2.05) is 24.3 Å². The number of para-hydroxylation sites is 1. The lowest BCUT2D eigenvalue weighted by atomic mass is 10.1. The maximum absolute atomic E-state index is 11.6. The van der Waals surface area contributed by atoms with Crippen LogP contribution in [0.3, 0.4) is 0 Å². The number of nitrogens with two attached hydrogens (primary N) is 1. The van der Waals surface area contributed by atoms with Gasteiger partial charge < -0.3 is 10.7 Å². The number of H-pyrrole nitrogens is 1. The number of hydrogen-bond donors (Lipinski definition) is 2. The maximum Gasteiger partial charge on any atom is 0.155 e. The highest BCUT2D eigenvalue weighted by molar-refractivity contribution is 7.90. The van der Waals surface area contributed by atoms with E-state index in [0.29, 0.717) is 6.54 Å². The fraction of sp³-hybridized carbons (Fsp3) is 0.333. The van der Waals surface area contributed by atoms with E-state index in [-0.39, 0.29) is 11.5 Å². The summed E-state index contributed by atoms with van der Waals surface area (Å²) in [7, 11) is -3.00. The van der Waals surface area contributed by atoms with E-state index in [2.05, 4.69) is 4.98 Å². The molecule has 2 aromatic rings. The minimum Gasteiger partial charge on any atom is -0.357 e. The van der Waals surface area contributed by atoms with Crippen LogP contribution in [0.4, 0.5) is 0 Å². The third-order valence-corrected chi connectivity index (χ3v) is 4.46. The summed E-state index contributed by atoms with van der Waals surface area (Å²) in [6, 6.07) is 7.70. The molecule has 0 saturated heterocycles. The first-order chi connectivity index (χ1) is 8.05. The van der Waals surface area contributed by atoms with Gasteiger partial charge in [0.1, 0.15) is 0 Å². The molecule has 0 unspecified atom stereocenters. The van der Waals surface area contributed by atoms with Gasteiger partial charge in [-0.25, -0.2) is 8.42 Å². The number of aromatic amines is 1. The standard InChI is InChI=1S/C12H16N2O2S/c1-2-17(15,16)8-11-6-9-4-3-5-10(7-13)12(9)14-11/h3-6,14H,2,7-8,13H2,1H3. The highest BCUT2D eigenvalue weighted by Crippen LogP contribution is 2.20. The zero-order chi connectivity index (χ0) is 12.5. The normalized spacial score (nSPS) is 12.1. The molecule has 0 saturated carbocycles. The molecule has 0 atom stereocenters. The summed E-state index contributed by atoms with van der Waals surface area (Å²) in [5.41, 5.74) is 8.31. The summed E-state index contributed by atoms with van der Waals surface area (Å²) in [4.78, 5) is 3.15. The van der Waals surface area contributed by atoms with Crippen LogP contribution < -0.4 is 5.73 Å². The molecule has 0 bridgehead atoms. The first-order valence-corrected chi connectivity index (χ1v) is 7.38. The number of rotatable bonds is 4. The smallest absolute Gasteiger partial charge is 0.155 e. The zero-order valence-electron chi connectivity index (χ0n) is 9.73. The summed E-state index contributed by atoms with van der Waals surface area (Å²) < 4.78 is 23.1. The lowest BCUT2D eigenvalue weighted by Crippen LogP contribution is -2.06. The minimum atomic E-state index is -3.00. The van der Waals surface area contributed by atoms with Gasteiger partial charge in [0.05, 0.1) is 11.3 Å². The van der Waals surface area contributed by atoms with Gasteiger partial charge in [0.25, 0.3) is 0 Å². The van der Waals surface area contributed by atoms with E-state index >= 15 is 0 Å². The van der Waals surface area contributed by atoms with Crippen LogP contribution in [0.2, 0.25) is 0 Å². The van der Waals surface area contributed by atoms with Crippen LogP contribution in [0.15, 0.2) is 24.3 Å². The fourth-order valence-corrected chi connectivity index (χ4v) is 2.70. The Morgan fingerprint density at radius 2 is 2.12 bits per heavy atom. The number of sulfone groups is 1. The molecule has 0 radical (unpaired) electrons. The Kier molecular flexibility index (Phi) is 3.22. The Morgan fingerprint density at radius 1 is 1.35 bits per heavy atom. The predicted molar refractivity (Wildman–Crippen MR) is 69.4 cm³/mol. The van der Waals surface area contributed by atoms with Gasteiger partial charge in [-0.3, -0.25) is 0 Å². The summed E-state index contributed by atoms with van der Waals surface area (Å²) in [6.07, 6.45) is 0. The first-order valence-electron chi connectivity index (χ1n) is 5.55. The molecular formula is C12H16N2O2S. The summed E-state index contributed by atoms with van der Waals surface area (Å²) in [5, 5.41) is 1.01. The molecule has 5 heteroatoms. The zero-order valence-corrected chi connectivity index (χ0v) is 10.5. The van der Waals surface area contributed by atoms with Crippen molar-refractivity contribution < 1.29 is 8.42 Å². The molecule has 17 heavy (non-hydrogen) atoms. The van der Waals surface area contributed by atoms with Crippen molar-refractivity contribution in [2.75, 3.05) is 5.75 Å². The van der Waals surface area contributed by atoms with Gasteiger partial charge in [-0.2, -0.15) is 0 Å². The summed E-state index contributed by atoms with van der Waals surface area (Å²) >= 11 is 0. The largest absolute Gasteiger partial charge is 0.357 e. The SMILES string of the molecule is CCS(=O)(=O)Cc1cc2cccc(CN)c2[nH]1. The molecule has 0 fully saturated rings. The van der Waals surface area contributed by atoms with Gasteiger partial charge in [0.15, 0.2) is 9.84 Å². The number of nitrogens with one attached hydrogen (secondary N) is 1. The van der Waals surface area contributed by atoms with Crippen LogP contribution in [0, 0.1) is 0 Å². The van der Waals surface area contributed by atoms with E-state index in [9.17, 15) is 8.42 Å². The summed E-state index contributed by atoms with van der Waals surface area (Å²) in [5.74, 6) is 0.217. The lowest BCUT2D eigenvalue weighted by Gasteiger charge is -1.99. The molecule has 0 spiro atoms. The third kappa shape index (κ3) is 2.50. The highest BCUT2D eigenvalue weighted by atomic mass is 32.2. The van der Waals surface area contributed by atoms with Crippen LogP contribution in [0.25, 0.3) is 10.9 Å². The monoisotopic (exact) mass is 252 g/mol.